The lowest BCUT2D eigenvalue weighted by molar-refractivity contribution is -0.613. The van der Waals surface area contributed by atoms with Crippen LogP contribution < -0.4 is 14.2 Å². The van der Waals surface area contributed by atoms with Crippen molar-refractivity contribution in [1.82, 2.24) is 0 Å². The maximum atomic E-state index is 12.9. The maximum Gasteiger partial charge on any atom is 0.559 e. The van der Waals surface area contributed by atoms with Gasteiger partial charge in [0.1, 0.15) is 15.9 Å². The molecule has 0 atom stereocenters. The molecule has 0 N–H and O–H groups in total. The van der Waals surface area contributed by atoms with Gasteiger partial charge in [-0.15, -0.1) is 0 Å². The quantitative estimate of drug-likeness (QED) is 0.422. The predicted octanol–water partition coefficient (Wildman–Crippen LogP) is 3.06. The van der Waals surface area contributed by atoms with E-state index in [9.17, 15) is 29.0 Å². The number of nitro groups is 2. The molecule has 0 amide bonds. The second-order valence-electron chi connectivity index (χ2n) is 3.96. The molecule has 130 valence electrons. The first-order chi connectivity index (χ1) is 12.4. The fourth-order valence-corrected chi connectivity index (χ4v) is 1.55. The molecule has 0 aliphatic carbocycles. The molecular weight excluding hydrogens is 334 g/mol. The Bertz CT molecular complexity index is 780. The van der Waals surface area contributed by atoms with Crippen molar-refractivity contribution in [3.8, 4) is 17.2 Å². The van der Waals surface area contributed by atoms with Crippen LogP contribution in [0.25, 0.3) is 6.08 Å². The standard InChI is InChI=1S/C13H12F2N2O7/c1-7(13(14)15)24-12-9(22-2)4-8(5-10(12)23-3)6-11(16(18)19)17(20)21/h4-6H,1-3H3/i1D3. The van der Waals surface area contributed by atoms with Gasteiger partial charge in [-0.2, -0.15) is 8.78 Å². The van der Waals surface area contributed by atoms with Gasteiger partial charge in [0.25, 0.3) is 0 Å². The van der Waals surface area contributed by atoms with Gasteiger partial charge in [-0.05, 0) is 24.5 Å². The van der Waals surface area contributed by atoms with Crippen LogP contribution in [0.2, 0.25) is 0 Å². The number of halogens is 2. The SMILES string of the molecule is [2H]C([2H])([2H])C(Oc1c(OC)cc(C=C([N+](=O)[O-])[N+](=O)[O-])cc1OC)=C(F)F. The lowest BCUT2D eigenvalue weighted by Crippen LogP contribution is -2.08. The van der Waals surface area contributed by atoms with Gasteiger partial charge in [-0.1, -0.05) is 0 Å². The van der Waals surface area contributed by atoms with Crippen molar-refractivity contribution in [3.05, 3.63) is 55.6 Å². The zero-order valence-electron chi connectivity index (χ0n) is 15.2. The number of allylic oxidation sites excluding steroid dienone is 1. The molecule has 0 saturated heterocycles. The minimum absolute atomic E-state index is 0.153. The molecule has 1 aromatic rings. The topological polar surface area (TPSA) is 114 Å². The second-order valence-corrected chi connectivity index (χ2v) is 3.96. The molecule has 0 aliphatic heterocycles. The summed E-state index contributed by atoms with van der Waals surface area (Å²) in [4.78, 5) is 18.9. The van der Waals surface area contributed by atoms with E-state index in [4.69, 9.17) is 18.3 Å². The van der Waals surface area contributed by atoms with Crippen molar-refractivity contribution in [2.75, 3.05) is 14.2 Å². The lowest BCUT2D eigenvalue weighted by atomic mass is 10.1. The largest absolute Gasteiger partial charge is 0.559 e. The van der Waals surface area contributed by atoms with Gasteiger partial charge < -0.3 is 14.2 Å². The fourth-order valence-electron chi connectivity index (χ4n) is 1.55. The molecule has 0 aliphatic rings. The van der Waals surface area contributed by atoms with Crippen LogP contribution in [0, 0.1) is 20.2 Å². The molecule has 24 heavy (non-hydrogen) atoms. The minimum Gasteiger partial charge on any atom is -0.493 e. The summed E-state index contributed by atoms with van der Waals surface area (Å²) in [5.41, 5.74) is -0.153. The van der Waals surface area contributed by atoms with Gasteiger partial charge in [0.05, 0.1) is 14.2 Å². The van der Waals surface area contributed by atoms with Crippen molar-refractivity contribution in [2.45, 2.75) is 6.85 Å². The Morgan fingerprint density at radius 3 is 2.00 bits per heavy atom. The number of hydrogen-bond acceptors (Lipinski definition) is 7. The predicted molar refractivity (Wildman–Crippen MR) is 77.1 cm³/mol. The van der Waals surface area contributed by atoms with Gasteiger partial charge in [0, 0.05) is 4.11 Å². The smallest absolute Gasteiger partial charge is 0.493 e. The Balaban J connectivity index is 3.58. The number of ether oxygens (including phenoxy) is 3. The third-order valence-corrected chi connectivity index (χ3v) is 2.53. The summed E-state index contributed by atoms with van der Waals surface area (Å²) in [7, 11) is 2.14. The second kappa shape index (κ2) is 7.85. The summed E-state index contributed by atoms with van der Waals surface area (Å²) in [5, 5.41) is 21.4. The Morgan fingerprint density at radius 2 is 1.67 bits per heavy atom. The van der Waals surface area contributed by atoms with Crippen LogP contribution in [-0.2, 0) is 0 Å². The van der Waals surface area contributed by atoms with Crippen LogP contribution in [0.5, 0.6) is 17.2 Å². The van der Waals surface area contributed by atoms with E-state index in [1.165, 1.54) is 0 Å². The maximum absolute atomic E-state index is 12.9. The molecule has 0 unspecified atom stereocenters. The minimum atomic E-state index is -3.29. The highest BCUT2D eigenvalue weighted by atomic mass is 19.3. The van der Waals surface area contributed by atoms with Crippen molar-refractivity contribution >= 4 is 6.08 Å². The summed E-state index contributed by atoms with van der Waals surface area (Å²) in [6.07, 6.45) is -2.03. The first-order valence-electron chi connectivity index (χ1n) is 7.42. The van der Waals surface area contributed by atoms with Crippen molar-refractivity contribution in [1.29, 1.82) is 0 Å². The van der Waals surface area contributed by atoms with E-state index >= 15 is 0 Å². The molecule has 1 rings (SSSR count). The third-order valence-electron chi connectivity index (χ3n) is 2.53. The summed E-state index contributed by atoms with van der Waals surface area (Å²) in [5.74, 6) is -4.26. The van der Waals surface area contributed by atoms with Crippen molar-refractivity contribution < 1.29 is 37.0 Å². The average molecular weight is 349 g/mol. The number of benzene rings is 1. The van der Waals surface area contributed by atoms with Crippen molar-refractivity contribution in [3.63, 3.8) is 0 Å². The molecule has 11 heteroatoms. The lowest BCUT2D eigenvalue weighted by Gasteiger charge is -2.14. The van der Waals surface area contributed by atoms with Gasteiger partial charge >= 0.3 is 11.9 Å². The van der Waals surface area contributed by atoms with E-state index in [0.717, 1.165) is 26.4 Å². The molecule has 0 saturated carbocycles. The highest BCUT2D eigenvalue weighted by Gasteiger charge is 2.26. The zero-order chi connectivity index (χ0) is 20.9. The summed E-state index contributed by atoms with van der Waals surface area (Å²) in [6, 6.07) is 1.97. The number of methoxy groups -OCH3 is 2. The molecule has 9 nitrogen and oxygen atoms in total. The average Bonchev–Trinajstić information content (AvgIpc) is 2.55. The molecule has 0 spiro atoms. The van der Waals surface area contributed by atoms with Crippen LogP contribution >= 0.6 is 0 Å². The Kier molecular flexibility index (Phi) is 4.70. The Labute approximate surface area is 138 Å². The summed E-state index contributed by atoms with van der Waals surface area (Å²) >= 11 is 0. The molecule has 0 fully saturated rings. The van der Waals surface area contributed by atoms with E-state index in [2.05, 4.69) is 0 Å². The van der Waals surface area contributed by atoms with Gasteiger partial charge in [0.15, 0.2) is 17.3 Å². The number of rotatable bonds is 7. The summed E-state index contributed by atoms with van der Waals surface area (Å²) in [6.45, 7) is -3.29. The van der Waals surface area contributed by atoms with Gasteiger partial charge in [0.2, 0.25) is 5.75 Å². The molecule has 0 bridgehead atoms. The van der Waals surface area contributed by atoms with Crippen LogP contribution in [0.15, 0.2) is 29.8 Å². The molecule has 0 aromatic heterocycles. The van der Waals surface area contributed by atoms with E-state index in [1.807, 2.05) is 0 Å². The van der Waals surface area contributed by atoms with E-state index in [0.29, 0.717) is 6.08 Å². The van der Waals surface area contributed by atoms with Gasteiger partial charge in [-0.3, -0.25) is 20.2 Å². The van der Waals surface area contributed by atoms with E-state index in [-0.39, 0.29) is 17.1 Å². The fraction of sp³-hybridized carbons (Fsp3) is 0.231. The Morgan fingerprint density at radius 1 is 1.17 bits per heavy atom. The highest BCUT2D eigenvalue weighted by Crippen LogP contribution is 2.40. The normalized spacial score (nSPS) is 12.1. The summed E-state index contributed by atoms with van der Waals surface area (Å²) < 4.78 is 61.7. The monoisotopic (exact) mass is 349 g/mol. The van der Waals surface area contributed by atoms with Crippen LogP contribution in [0.1, 0.15) is 16.5 Å². The van der Waals surface area contributed by atoms with Crippen LogP contribution in [0.3, 0.4) is 0 Å². The molecular formula is C13H12F2N2O7. The molecule has 0 heterocycles. The van der Waals surface area contributed by atoms with E-state index in [1.54, 1.807) is 0 Å². The number of nitrogens with zero attached hydrogens (tertiary/aromatic N) is 2. The van der Waals surface area contributed by atoms with Gasteiger partial charge in [-0.25, -0.2) is 0 Å². The number of hydrogen-bond donors (Lipinski definition) is 0. The Hall–Kier alpha value is -3.24. The highest BCUT2D eigenvalue weighted by molar-refractivity contribution is 5.62. The van der Waals surface area contributed by atoms with Crippen molar-refractivity contribution in [2.24, 2.45) is 0 Å². The van der Waals surface area contributed by atoms with E-state index < -0.39 is 40.1 Å². The first-order valence-corrected chi connectivity index (χ1v) is 5.92. The third kappa shape index (κ3) is 4.38. The first kappa shape index (κ1) is 14.4. The molecule has 0 radical (unpaired) electrons. The van der Waals surface area contributed by atoms with Crippen LogP contribution in [-0.4, -0.2) is 24.1 Å². The van der Waals surface area contributed by atoms with Crippen LogP contribution in [0.4, 0.5) is 8.78 Å². The zero-order valence-corrected chi connectivity index (χ0v) is 12.2. The molecule has 1 aromatic carbocycles.